The number of aryl methyl sites for hydroxylation is 1. The number of thiazole rings is 1. The second-order valence-corrected chi connectivity index (χ2v) is 7.95. The summed E-state index contributed by atoms with van der Waals surface area (Å²) in [4.78, 5) is 17.3. The fraction of sp³-hybridized carbons (Fsp3) is 0.350. The first kappa shape index (κ1) is 17.1. The van der Waals surface area contributed by atoms with Gasteiger partial charge in [0.15, 0.2) is 0 Å². The first-order chi connectivity index (χ1) is 12.7. The van der Waals surface area contributed by atoms with Gasteiger partial charge in [-0.1, -0.05) is 6.07 Å². The molecule has 0 saturated carbocycles. The van der Waals surface area contributed by atoms with Gasteiger partial charge in [-0.15, -0.1) is 11.3 Å². The van der Waals surface area contributed by atoms with E-state index in [9.17, 15) is 0 Å². The van der Waals surface area contributed by atoms with Gasteiger partial charge in [-0.05, 0) is 69.7 Å². The lowest BCUT2D eigenvalue weighted by Gasteiger charge is -2.27. The number of aromatic nitrogens is 3. The summed E-state index contributed by atoms with van der Waals surface area (Å²) in [7, 11) is 2.19. The summed E-state index contributed by atoms with van der Waals surface area (Å²) in [5.41, 5.74) is 2.13. The fourth-order valence-electron chi connectivity index (χ4n) is 3.23. The monoisotopic (exact) mass is 365 g/mol. The lowest BCUT2D eigenvalue weighted by atomic mass is 9.98. The number of pyridine rings is 2. The molecule has 0 bridgehead atoms. The van der Waals surface area contributed by atoms with Gasteiger partial charge in [-0.2, -0.15) is 0 Å². The molecule has 1 aliphatic heterocycles. The molecule has 1 fully saturated rings. The normalized spacial score (nSPS) is 15.9. The molecule has 1 saturated heterocycles. The predicted molar refractivity (Wildman–Crippen MR) is 107 cm³/mol. The van der Waals surface area contributed by atoms with E-state index in [1.807, 2.05) is 36.5 Å². The maximum absolute atomic E-state index is 4.75. The molecule has 4 heterocycles. The maximum Gasteiger partial charge on any atom is 0.132 e. The van der Waals surface area contributed by atoms with Crippen LogP contribution in [0, 0.1) is 6.92 Å². The van der Waals surface area contributed by atoms with E-state index < -0.39 is 0 Å². The van der Waals surface area contributed by atoms with Crippen LogP contribution in [0.2, 0.25) is 0 Å². The predicted octanol–water partition coefficient (Wildman–Crippen LogP) is 4.46. The van der Waals surface area contributed by atoms with E-state index in [1.165, 1.54) is 23.4 Å². The topological polar surface area (TPSA) is 53.9 Å². The SMILES string of the molecule is Cc1ccnc(Nc2cccc(-c3cnc(C4CCN(C)CC4)s3)n2)c1. The van der Waals surface area contributed by atoms with Crippen molar-refractivity contribution in [2.24, 2.45) is 0 Å². The minimum Gasteiger partial charge on any atom is -0.325 e. The Balaban J connectivity index is 1.51. The lowest BCUT2D eigenvalue weighted by molar-refractivity contribution is 0.255. The molecular formula is C20H23N5S. The number of hydrogen-bond donors (Lipinski definition) is 1. The number of piperidine rings is 1. The molecule has 5 nitrogen and oxygen atoms in total. The minimum absolute atomic E-state index is 0.586. The first-order valence-corrected chi connectivity index (χ1v) is 9.80. The molecule has 0 atom stereocenters. The van der Waals surface area contributed by atoms with Crippen molar-refractivity contribution in [2.75, 3.05) is 25.5 Å². The summed E-state index contributed by atoms with van der Waals surface area (Å²) in [6.45, 7) is 4.36. The summed E-state index contributed by atoms with van der Waals surface area (Å²) < 4.78 is 0. The number of anilines is 2. The Bertz CT molecular complexity index is 883. The molecule has 6 heteroatoms. The van der Waals surface area contributed by atoms with Crippen molar-refractivity contribution in [3.8, 4) is 10.6 Å². The van der Waals surface area contributed by atoms with Crippen molar-refractivity contribution >= 4 is 23.0 Å². The maximum atomic E-state index is 4.75. The highest BCUT2D eigenvalue weighted by molar-refractivity contribution is 7.15. The Morgan fingerprint density at radius 3 is 2.77 bits per heavy atom. The van der Waals surface area contributed by atoms with Gasteiger partial charge in [0.25, 0.3) is 0 Å². The highest BCUT2D eigenvalue weighted by Crippen LogP contribution is 2.34. The van der Waals surface area contributed by atoms with Crippen molar-refractivity contribution in [2.45, 2.75) is 25.7 Å². The minimum atomic E-state index is 0.586. The average molecular weight is 366 g/mol. The molecule has 0 aliphatic carbocycles. The number of nitrogens with one attached hydrogen (secondary N) is 1. The molecule has 3 aromatic heterocycles. The van der Waals surface area contributed by atoms with Crippen molar-refractivity contribution < 1.29 is 0 Å². The standard InChI is InChI=1S/C20H23N5S/c1-14-6-9-21-19(12-14)24-18-5-3-4-16(23-18)17-13-22-20(26-17)15-7-10-25(2)11-8-15/h3-6,9,12-13,15H,7-8,10-11H2,1-2H3,(H,21,23,24). The Hall–Kier alpha value is -2.31. The van der Waals surface area contributed by atoms with Crippen molar-refractivity contribution in [3.63, 3.8) is 0 Å². The second-order valence-electron chi connectivity index (χ2n) is 6.89. The molecule has 3 aromatic rings. The third-order valence-electron chi connectivity index (χ3n) is 4.76. The molecule has 0 radical (unpaired) electrons. The number of hydrogen-bond acceptors (Lipinski definition) is 6. The summed E-state index contributed by atoms with van der Waals surface area (Å²) in [5.74, 6) is 2.20. The van der Waals surface area contributed by atoms with Gasteiger partial charge in [0, 0.05) is 18.3 Å². The molecule has 0 amide bonds. The Morgan fingerprint density at radius 1 is 1.12 bits per heavy atom. The van der Waals surface area contributed by atoms with Crippen LogP contribution in [0.25, 0.3) is 10.6 Å². The van der Waals surface area contributed by atoms with E-state index >= 15 is 0 Å². The molecule has 26 heavy (non-hydrogen) atoms. The molecule has 0 spiro atoms. The van der Waals surface area contributed by atoms with Crippen LogP contribution in [0.4, 0.5) is 11.6 Å². The second kappa shape index (κ2) is 7.51. The van der Waals surface area contributed by atoms with Crippen molar-refractivity contribution in [1.29, 1.82) is 0 Å². The van der Waals surface area contributed by atoms with Crippen LogP contribution in [-0.4, -0.2) is 40.0 Å². The van der Waals surface area contributed by atoms with E-state index in [1.54, 1.807) is 17.5 Å². The molecular weight excluding hydrogens is 342 g/mol. The zero-order chi connectivity index (χ0) is 17.9. The van der Waals surface area contributed by atoms with Gasteiger partial charge in [0.2, 0.25) is 0 Å². The van der Waals surface area contributed by atoms with Crippen LogP contribution >= 0.6 is 11.3 Å². The smallest absolute Gasteiger partial charge is 0.132 e. The van der Waals surface area contributed by atoms with Gasteiger partial charge in [0.1, 0.15) is 11.6 Å². The quantitative estimate of drug-likeness (QED) is 0.740. The van der Waals surface area contributed by atoms with Crippen molar-refractivity contribution in [1.82, 2.24) is 19.9 Å². The highest BCUT2D eigenvalue weighted by atomic mass is 32.1. The van der Waals surface area contributed by atoms with Crippen molar-refractivity contribution in [3.05, 3.63) is 53.3 Å². The number of likely N-dealkylation sites (tertiary alicyclic amines) is 1. The van der Waals surface area contributed by atoms with E-state index in [0.29, 0.717) is 5.92 Å². The van der Waals surface area contributed by atoms with Gasteiger partial charge in [0.05, 0.1) is 15.6 Å². The van der Waals surface area contributed by atoms with Gasteiger partial charge >= 0.3 is 0 Å². The summed E-state index contributed by atoms with van der Waals surface area (Å²) in [6.07, 6.45) is 6.16. The number of nitrogens with zero attached hydrogens (tertiary/aromatic N) is 4. The molecule has 1 N–H and O–H groups in total. The summed E-state index contributed by atoms with van der Waals surface area (Å²) >= 11 is 1.78. The van der Waals surface area contributed by atoms with E-state index in [-0.39, 0.29) is 0 Å². The van der Waals surface area contributed by atoms with Crippen LogP contribution in [0.15, 0.2) is 42.7 Å². The Morgan fingerprint density at radius 2 is 1.96 bits per heavy atom. The van der Waals surface area contributed by atoms with E-state index in [2.05, 4.69) is 29.2 Å². The molecule has 0 unspecified atom stereocenters. The molecule has 0 aromatic carbocycles. The third kappa shape index (κ3) is 3.92. The zero-order valence-electron chi connectivity index (χ0n) is 15.1. The van der Waals surface area contributed by atoms with Crippen LogP contribution in [0.3, 0.4) is 0 Å². The van der Waals surface area contributed by atoms with Crippen LogP contribution in [0.5, 0.6) is 0 Å². The van der Waals surface area contributed by atoms with Crippen LogP contribution in [-0.2, 0) is 0 Å². The lowest BCUT2D eigenvalue weighted by Crippen LogP contribution is -2.29. The molecule has 4 rings (SSSR count). The molecule has 1 aliphatic rings. The largest absolute Gasteiger partial charge is 0.325 e. The summed E-state index contributed by atoms with van der Waals surface area (Å²) in [5, 5.41) is 4.53. The third-order valence-corrected chi connectivity index (χ3v) is 5.95. The Labute approximate surface area is 158 Å². The van der Waals surface area contributed by atoms with Gasteiger partial charge in [-0.25, -0.2) is 15.0 Å². The summed E-state index contributed by atoms with van der Waals surface area (Å²) in [6, 6.07) is 10.0. The molecule has 134 valence electrons. The van der Waals surface area contributed by atoms with Crippen LogP contribution < -0.4 is 5.32 Å². The van der Waals surface area contributed by atoms with Gasteiger partial charge in [-0.3, -0.25) is 0 Å². The zero-order valence-corrected chi connectivity index (χ0v) is 16.0. The van der Waals surface area contributed by atoms with Gasteiger partial charge < -0.3 is 10.2 Å². The highest BCUT2D eigenvalue weighted by Gasteiger charge is 2.21. The first-order valence-electron chi connectivity index (χ1n) is 8.99. The van der Waals surface area contributed by atoms with E-state index in [4.69, 9.17) is 9.97 Å². The van der Waals surface area contributed by atoms with Crippen LogP contribution in [0.1, 0.15) is 29.3 Å². The fourth-order valence-corrected chi connectivity index (χ4v) is 4.28. The average Bonchev–Trinajstić information content (AvgIpc) is 3.13. The Kier molecular flexibility index (Phi) is 4.95. The van der Waals surface area contributed by atoms with E-state index in [0.717, 1.165) is 35.3 Å². The number of rotatable bonds is 4.